The highest BCUT2D eigenvalue weighted by atomic mass is 19.4. The topological polar surface area (TPSA) is 151 Å². The molecule has 0 radical (unpaired) electrons. The summed E-state index contributed by atoms with van der Waals surface area (Å²) in [5.41, 5.74) is -7.02. The molecule has 3 heterocycles. The molecule has 2 aromatic heterocycles. The van der Waals surface area contributed by atoms with Crippen molar-refractivity contribution in [2.75, 3.05) is 23.4 Å². The monoisotopic (exact) mass is 776 g/mol. The predicted molar refractivity (Wildman–Crippen MR) is 171 cm³/mol. The van der Waals surface area contributed by atoms with Gasteiger partial charge in [-0.25, -0.2) is 19.7 Å². The number of nitriles is 1. The number of unbranched alkanes of at least 4 members (excludes halogenated alkanes) is 1. The van der Waals surface area contributed by atoms with E-state index in [1.807, 2.05) is 6.07 Å². The number of hydrogen-bond acceptors (Lipinski definition) is 9. The van der Waals surface area contributed by atoms with E-state index in [0.29, 0.717) is 18.2 Å². The minimum absolute atomic E-state index is 0.0330. The van der Waals surface area contributed by atoms with E-state index in [-0.39, 0.29) is 67.1 Å². The largest absolute Gasteiger partial charge is 0.490 e. The Kier molecular flexibility index (Phi) is 12.2. The third-order valence-electron chi connectivity index (χ3n) is 8.30. The number of aromatic nitrogens is 3. The second kappa shape index (κ2) is 15.9. The quantitative estimate of drug-likeness (QED) is 0.135. The zero-order valence-corrected chi connectivity index (χ0v) is 28.8. The fourth-order valence-corrected chi connectivity index (χ4v) is 5.40. The molecule has 54 heavy (non-hydrogen) atoms. The van der Waals surface area contributed by atoms with E-state index in [4.69, 9.17) is 14.7 Å². The van der Waals surface area contributed by atoms with Crippen molar-refractivity contribution in [1.29, 1.82) is 5.26 Å². The van der Waals surface area contributed by atoms with E-state index in [2.05, 4.69) is 20.3 Å². The number of carboxylic acids is 1. The first-order valence-electron chi connectivity index (χ1n) is 16.2. The lowest BCUT2D eigenvalue weighted by Gasteiger charge is -2.40. The van der Waals surface area contributed by atoms with Crippen molar-refractivity contribution in [3.63, 3.8) is 0 Å². The Balaban J connectivity index is 1.77. The number of pyridine rings is 1. The number of nitrogens with one attached hydrogen (secondary N) is 1. The zero-order valence-electron chi connectivity index (χ0n) is 28.8. The van der Waals surface area contributed by atoms with Crippen molar-refractivity contribution in [2.24, 2.45) is 5.41 Å². The summed E-state index contributed by atoms with van der Waals surface area (Å²) >= 11 is 0. The number of anilines is 2. The van der Waals surface area contributed by atoms with E-state index >= 15 is 0 Å². The molecule has 0 fully saturated rings. The fraction of sp³-hybridized carbons (Fsp3) is 0.471. The highest BCUT2D eigenvalue weighted by molar-refractivity contribution is 5.90. The number of carboxylic acid groups (broad SMARTS) is 1. The molecular weight excluding hydrogens is 743 g/mol. The van der Waals surface area contributed by atoms with Crippen molar-refractivity contribution < 1.29 is 63.7 Å². The van der Waals surface area contributed by atoms with Gasteiger partial charge in [0.1, 0.15) is 12.3 Å². The summed E-state index contributed by atoms with van der Waals surface area (Å²) in [6.07, 6.45) is -15.4. The summed E-state index contributed by atoms with van der Waals surface area (Å²) in [7, 11) is 0. The van der Waals surface area contributed by atoms with Crippen LogP contribution in [0, 0.1) is 16.7 Å². The van der Waals surface area contributed by atoms with Crippen molar-refractivity contribution in [2.45, 2.75) is 83.5 Å². The van der Waals surface area contributed by atoms with Gasteiger partial charge in [-0.3, -0.25) is 9.69 Å². The van der Waals surface area contributed by atoms with Crippen LogP contribution in [0.2, 0.25) is 0 Å². The van der Waals surface area contributed by atoms with E-state index < -0.39 is 83.5 Å². The van der Waals surface area contributed by atoms with Gasteiger partial charge in [0.05, 0.1) is 58.5 Å². The van der Waals surface area contributed by atoms with Crippen molar-refractivity contribution in [3.05, 3.63) is 70.3 Å². The van der Waals surface area contributed by atoms with Crippen LogP contribution in [0.5, 0.6) is 5.75 Å². The molecular formula is C34H33F9N6O5. The van der Waals surface area contributed by atoms with E-state index in [9.17, 15) is 54.2 Å². The average Bonchev–Trinajstić information content (AvgIpc) is 3.08. The average molecular weight is 777 g/mol. The number of alkyl halides is 9. The molecule has 292 valence electrons. The van der Waals surface area contributed by atoms with Crippen LogP contribution in [0.1, 0.15) is 86.3 Å². The van der Waals surface area contributed by atoms with Crippen molar-refractivity contribution >= 4 is 23.7 Å². The van der Waals surface area contributed by atoms with Crippen molar-refractivity contribution in [1.82, 2.24) is 15.0 Å². The van der Waals surface area contributed by atoms with Gasteiger partial charge in [-0.2, -0.15) is 44.8 Å². The molecule has 0 spiro atoms. The maximum atomic E-state index is 13.9. The van der Waals surface area contributed by atoms with E-state index in [0.717, 1.165) is 17.2 Å². The number of aliphatic carboxylic acids is 1. The third kappa shape index (κ3) is 9.99. The standard InChI is InChI=1S/C34H33F9N6O5/c1-4-21-15-23(27-24(7-8-26(48-27)34(41,42)43)49(21)30(52)54-17-31(2,3)28(50)51)47-29-45-16-25(53-10-6-5-9-44)22(46-29)13-18-11-19(32(35,36)37)14-20(12-18)33(38,39)40/h7-8,11-12,14,16,21,23H,4-6,10,13,15,17H2,1-3H3,(H,50,51)(H,45,46,47)/t21-,23+/m1/s1. The third-order valence-corrected chi connectivity index (χ3v) is 8.30. The van der Waals surface area contributed by atoms with Gasteiger partial charge in [-0.1, -0.05) is 6.92 Å². The highest BCUT2D eigenvalue weighted by Gasteiger charge is 2.42. The lowest BCUT2D eigenvalue weighted by molar-refractivity contribution is -0.149. The number of amides is 1. The van der Waals surface area contributed by atoms with Gasteiger partial charge in [0, 0.05) is 18.9 Å². The van der Waals surface area contributed by atoms with Crippen LogP contribution in [-0.4, -0.2) is 51.4 Å². The number of hydrogen-bond donors (Lipinski definition) is 2. The Hall–Kier alpha value is -5.35. The van der Waals surface area contributed by atoms with Crippen molar-refractivity contribution in [3.8, 4) is 11.8 Å². The first-order valence-corrected chi connectivity index (χ1v) is 16.2. The van der Waals surface area contributed by atoms with E-state index in [1.165, 1.54) is 13.8 Å². The van der Waals surface area contributed by atoms with E-state index in [1.54, 1.807) is 6.92 Å². The first-order chi connectivity index (χ1) is 25.0. The van der Waals surface area contributed by atoms with Crippen LogP contribution < -0.4 is 15.0 Å². The highest BCUT2D eigenvalue weighted by Crippen LogP contribution is 2.42. The van der Waals surface area contributed by atoms with Crippen LogP contribution >= 0.6 is 0 Å². The van der Waals surface area contributed by atoms with Gasteiger partial charge >= 0.3 is 30.6 Å². The molecule has 0 saturated carbocycles. The molecule has 0 aliphatic carbocycles. The minimum atomic E-state index is -5.13. The van der Waals surface area contributed by atoms with Crippen LogP contribution in [0.3, 0.4) is 0 Å². The summed E-state index contributed by atoms with van der Waals surface area (Å²) in [4.78, 5) is 38.2. The predicted octanol–water partition coefficient (Wildman–Crippen LogP) is 8.59. The molecule has 11 nitrogen and oxygen atoms in total. The first kappa shape index (κ1) is 41.4. The number of carbonyl (C=O) groups excluding carboxylic acids is 1. The molecule has 1 aliphatic rings. The summed E-state index contributed by atoms with van der Waals surface area (Å²) < 4.78 is 134. The number of fused-ring (bicyclic) bond motifs is 1. The van der Waals surface area contributed by atoms with Crippen LogP contribution in [-0.2, 0) is 34.5 Å². The fourth-order valence-electron chi connectivity index (χ4n) is 5.40. The lowest BCUT2D eigenvalue weighted by atomic mass is 9.93. The molecule has 1 amide bonds. The normalized spacial score (nSPS) is 16.3. The number of halogens is 9. The Bertz CT molecular complexity index is 1860. The molecule has 2 N–H and O–H groups in total. The van der Waals surface area contributed by atoms with Gasteiger partial charge in [-0.05, 0) is 69.0 Å². The smallest absolute Gasteiger partial charge is 0.433 e. The number of carbonyl (C=O) groups is 2. The molecule has 0 saturated heterocycles. The molecule has 2 atom stereocenters. The van der Waals surface area contributed by atoms with Gasteiger partial charge < -0.3 is 19.9 Å². The van der Waals surface area contributed by atoms with Crippen LogP contribution in [0.25, 0.3) is 0 Å². The Morgan fingerprint density at radius 1 is 1.00 bits per heavy atom. The van der Waals surface area contributed by atoms with Crippen LogP contribution in [0.15, 0.2) is 36.5 Å². The van der Waals surface area contributed by atoms with Gasteiger partial charge in [0.15, 0.2) is 5.75 Å². The molecule has 0 bridgehead atoms. The number of benzene rings is 1. The SMILES string of the molecule is CC[C@@H]1C[C@H](Nc2ncc(OCCCC#N)c(Cc3cc(C(F)(F)F)cc(C(F)(F)F)c3)n2)c2nc(C(F)(F)F)ccc2N1C(=O)OCC(C)(C)C(=O)O. The zero-order chi connectivity index (χ0) is 40.2. The molecule has 20 heteroatoms. The maximum absolute atomic E-state index is 13.9. The molecule has 1 aliphatic heterocycles. The summed E-state index contributed by atoms with van der Waals surface area (Å²) in [5.74, 6) is -1.73. The maximum Gasteiger partial charge on any atom is 0.433 e. The summed E-state index contributed by atoms with van der Waals surface area (Å²) in [6.45, 7) is 3.61. The molecule has 0 unspecified atom stereocenters. The Labute approximate surface area is 302 Å². The lowest BCUT2D eigenvalue weighted by Crippen LogP contribution is -2.47. The molecule has 1 aromatic carbocycles. The Morgan fingerprint density at radius 2 is 1.65 bits per heavy atom. The summed E-state index contributed by atoms with van der Waals surface area (Å²) in [6, 6.07) is 2.63. The molecule has 3 aromatic rings. The minimum Gasteiger partial charge on any atom is -0.490 e. The number of ether oxygens (including phenoxy) is 2. The molecule has 4 rings (SSSR count). The van der Waals surface area contributed by atoms with Gasteiger partial charge in [-0.15, -0.1) is 0 Å². The second-order valence-corrected chi connectivity index (χ2v) is 12.9. The van der Waals surface area contributed by atoms with Gasteiger partial charge in [0.25, 0.3) is 0 Å². The van der Waals surface area contributed by atoms with Crippen LogP contribution in [0.4, 0.5) is 55.9 Å². The number of nitrogens with zero attached hydrogens (tertiary/aromatic N) is 5. The summed E-state index contributed by atoms with van der Waals surface area (Å²) in [5, 5.41) is 21.1. The Morgan fingerprint density at radius 3 is 2.20 bits per heavy atom. The second-order valence-electron chi connectivity index (χ2n) is 12.9. The number of rotatable bonds is 12. The van der Waals surface area contributed by atoms with Gasteiger partial charge in [0.2, 0.25) is 5.95 Å².